The van der Waals surface area contributed by atoms with Crippen molar-refractivity contribution in [1.29, 1.82) is 0 Å². The highest BCUT2D eigenvalue weighted by Crippen LogP contribution is 2.29. The highest BCUT2D eigenvalue weighted by molar-refractivity contribution is 6.10. The summed E-state index contributed by atoms with van der Waals surface area (Å²) in [5.74, 6) is -1.04. The molecular formula is C27H27NO6. The molecule has 0 fully saturated rings. The van der Waals surface area contributed by atoms with Gasteiger partial charge in [0.15, 0.2) is 0 Å². The van der Waals surface area contributed by atoms with Gasteiger partial charge in [0, 0.05) is 6.92 Å². The van der Waals surface area contributed by atoms with Gasteiger partial charge in [0.25, 0.3) is 5.91 Å². The molecule has 1 N–H and O–H groups in total. The van der Waals surface area contributed by atoms with E-state index in [1.165, 1.54) is 20.1 Å². The molecule has 0 aliphatic heterocycles. The number of methoxy groups -OCH3 is 1. The minimum absolute atomic E-state index is 0.177. The number of hydrogen-bond donors (Lipinski definition) is 1. The number of anilines is 1. The Morgan fingerprint density at radius 2 is 1.65 bits per heavy atom. The monoisotopic (exact) mass is 461 g/mol. The second kappa shape index (κ2) is 11.7. The first-order chi connectivity index (χ1) is 16.4. The number of nitrogens with one attached hydrogen (secondary N) is 1. The number of carbonyl (C=O) groups excluding carboxylic acids is 3. The summed E-state index contributed by atoms with van der Waals surface area (Å²) in [7, 11) is 1.28. The molecule has 0 heterocycles. The van der Waals surface area contributed by atoms with E-state index in [0.29, 0.717) is 12.4 Å². The van der Waals surface area contributed by atoms with Gasteiger partial charge in [-0.15, -0.1) is 0 Å². The molecule has 34 heavy (non-hydrogen) atoms. The molecule has 1 amide bonds. The number of benzene rings is 3. The Kier molecular flexibility index (Phi) is 8.40. The van der Waals surface area contributed by atoms with Gasteiger partial charge in [0.2, 0.25) is 0 Å². The largest absolute Gasteiger partial charge is 0.493 e. The average molecular weight is 462 g/mol. The fourth-order valence-corrected chi connectivity index (χ4v) is 3.30. The summed E-state index contributed by atoms with van der Waals surface area (Å²) in [6.45, 7) is 3.75. The normalized spacial score (nSPS) is 10.3. The molecule has 0 aliphatic rings. The number of rotatable bonds is 9. The van der Waals surface area contributed by atoms with Gasteiger partial charge in [-0.25, -0.2) is 4.79 Å². The molecule has 0 spiro atoms. The first-order valence-electron chi connectivity index (χ1n) is 11.0. The van der Waals surface area contributed by atoms with Crippen molar-refractivity contribution in [3.05, 3.63) is 77.9 Å². The van der Waals surface area contributed by atoms with E-state index in [4.69, 9.17) is 14.2 Å². The van der Waals surface area contributed by atoms with E-state index in [0.717, 1.165) is 24.0 Å². The van der Waals surface area contributed by atoms with Crippen LogP contribution in [0.1, 0.15) is 47.4 Å². The molecule has 0 saturated heterocycles. The SMILES string of the molecule is CCCCOc1ccc(OC(C)=O)cc1C(=O)Nc1cc(-c2ccccc2)ccc1C(=O)OC. The van der Waals surface area contributed by atoms with Crippen molar-refractivity contribution in [2.24, 2.45) is 0 Å². The lowest BCUT2D eigenvalue weighted by atomic mass is 10.0. The number of unbranched alkanes of at least 4 members (excludes halogenated alkanes) is 1. The molecule has 0 bridgehead atoms. The zero-order chi connectivity index (χ0) is 24.5. The van der Waals surface area contributed by atoms with E-state index < -0.39 is 17.8 Å². The smallest absolute Gasteiger partial charge is 0.339 e. The predicted octanol–water partition coefficient (Wildman–Crippen LogP) is 5.50. The van der Waals surface area contributed by atoms with E-state index in [9.17, 15) is 14.4 Å². The van der Waals surface area contributed by atoms with Gasteiger partial charge in [-0.3, -0.25) is 9.59 Å². The fourth-order valence-electron chi connectivity index (χ4n) is 3.30. The van der Waals surface area contributed by atoms with Gasteiger partial charge in [-0.2, -0.15) is 0 Å². The van der Waals surface area contributed by atoms with E-state index in [2.05, 4.69) is 5.32 Å². The van der Waals surface area contributed by atoms with Crippen molar-refractivity contribution < 1.29 is 28.6 Å². The second-order valence-electron chi connectivity index (χ2n) is 7.53. The van der Waals surface area contributed by atoms with E-state index in [-0.39, 0.29) is 22.6 Å². The lowest BCUT2D eigenvalue weighted by Gasteiger charge is -2.15. The van der Waals surface area contributed by atoms with Crippen molar-refractivity contribution in [3.8, 4) is 22.6 Å². The predicted molar refractivity (Wildman–Crippen MR) is 129 cm³/mol. The van der Waals surface area contributed by atoms with Crippen molar-refractivity contribution in [2.75, 3.05) is 19.0 Å². The van der Waals surface area contributed by atoms with Crippen LogP contribution in [0, 0.1) is 0 Å². The molecule has 7 nitrogen and oxygen atoms in total. The maximum Gasteiger partial charge on any atom is 0.339 e. The maximum absolute atomic E-state index is 13.3. The van der Waals surface area contributed by atoms with Crippen LogP contribution in [-0.2, 0) is 9.53 Å². The first kappa shape index (κ1) is 24.5. The summed E-state index contributed by atoms with van der Waals surface area (Å²) < 4.78 is 15.8. The zero-order valence-corrected chi connectivity index (χ0v) is 19.4. The third-order valence-corrected chi connectivity index (χ3v) is 4.99. The van der Waals surface area contributed by atoms with Gasteiger partial charge < -0.3 is 19.5 Å². The summed E-state index contributed by atoms with van der Waals surface area (Å²) in [6.07, 6.45) is 1.75. The van der Waals surface area contributed by atoms with Crippen LogP contribution in [-0.4, -0.2) is 31.6 Å². The standard InChI is InChI=1S/C27H27NO6/c1-4-5-15-33-25-14-12-21(34-18(2)29)17-23(25)26(30)28-24-16-20(19-9-7-6-8-10-19)11-13-22(24)27(31)32-3/h6-14,16-17H,4-5,15H2,1-3H3,(H,28,30). The number of amides is 1. The van der Waals surface area contributed by atoms with Gasteiger partial charge in [0.1, 0.15) is 11.5 Å². The molecule has 176 valence electrons. The van der Waals surface area contributed by atoms with Crippen LogP contribution >= 0.6 is 0 Å². The first-order valence-corrected chi connectivity index (χ1v) is 11.0. The Morgan fingerprint density at radius 1 is 0.882 bits per heavy atom. The highest BCUT2D eigenvalue weighted by atomic mass is 16.5. The third kappa shape index (κ3) is 6.22. The Hall–Kier alpha value is -4.13. The van der Waals surface area contributed by atoms with Gasteiger partial charge >= 0.3 is 11.9 Å². The molecular weight excluding hydrogens is 434 g/mol. The molecule has 0 atom stereocenters. The van der Waals surface area contributed by atoms with E-state index in [1.54, 1.807) is 30.3 Å². The van der Waals surface area contributed by atoms with Crippen LogP contribution in [0.2, 0.25) is 0 Å². The van der Waals surface area contributed by atoms with Gasteiger partial charge in [0.05, 0.1) is 30.5 Å². The zero-order valence-electron chi connectivity index (χ0n) is 19.4. The lowest BCUT2D eigenvalue weighted by Crippen LogP contribution is -2.17. The second-order valence-corrected chi connectivity index (χ2v) is 7.53. The van der Waals surface area contributed by atoms with Crippen molar-refractivity contribution >= 4 is 23.5 Å². The van der Waals surface area contributed by atoms with Crippen molar-refractivity contribution in [3.63, 3.8) is 0 Å². The Morgan fingerprint density at radius 3 is 2.32 bits per heavy atom. The molecule has 3 aromatic carbocycles. The quantitative estimate of drug-likeness (QED) is 0.257. The molecule has 3 aromatic rings. The van der Waals surface area contributed by atoms with Crippen molar-refractivity contribution in [2.45, 2.75) is 26.7 Å². The molecule has 0 aromatic heterocycles. The molecule has 0 radical (unpaired) electrons. The maximum atomic E-state index is 13.3. The number of ether oxygens (including phenoxy) is 3. The summed E-state index contributed by atoms with van der Waals surface area (Å²) in [6, 6.07) is 19.3. The summed E-state index contributed by atoms with van der Waals surface area (Å²) in [5, 5.41) is 2.80. The fraction of sp³-hybridized carbons (Fsp3) is 0.222. The highest BCUT2D eigenvalue weighted by Gasteiger charge is 2.20. The summed E-state index contributed by atoms with van der Waals surface area (Å²) >= 11 is 0. The summed E-state index contributed by atoms with van der Waals surface area (Å²) in [4.78, 5) is 37.1. The van der Waals surface area contributed by atoms with Crippen LogP contribution in [0.4, 0.5) is 5.69 Å². The van der Waals surface area contributed by atoms with Crippen LogP contribution in [0.15, 0.2) is 66.7 Å². The molecule has 3 rings (SSSR count). The average Bonchev–Trinajstić information content (AvgIpc) is 2.84. The number of esters is 2. The molecule has 0 unspecified atom stereocenters. The summed E-state index contributed by atoms with van der Waals surface area (Å²) in [5.41, 5.74) is 2.41. The third-order valence-electron chi connectivity index (χ3n) is 4.99. The van der Waals surface area contributed by atoms with Crippen molar-refractivity contribution in [1.82, 2.24) is 0 Å². The molecule has 0 aliphatic carbocycles. The molecule has 7 heteroatoms. The topological polar surface area (TPSA) is 90.9 Å². The van der Waals surface area contributed by atoms with Crippen LogP contribution in [0.3, 0.4) is 0 Å². The van der Waals surface area contributed by atoms with E-state index in [1.807, 2.05) is 37.3 Å². The van der Waals surface area contributed by atoms with E-state index >= 15 is 0 Å². The minimum Gasteiger partial charge on any atom is -0.493 e. The van der Waals surface area contributed by atoms with Gasteiger partial charge in [-0.05, 0) is 47.9 Å². The van der Waals surface area contributed by atoms with Crippen LogP contribution in [0.25, 0.3) is 11.1 Å². The lowest BCUT2D eigenvalue weighted by molar-refractivity contribution is -0.131. The number of carbonyl (C=O) groups is 3. The Bertz CT molecular complexity index is 1170. The van der Waals surface area contributed by atoms with Crippen LogP contribution < -0.4 is 14.8 Å². The van der Waals surface area contributed by atoms with Crippen LogP contribution in [0.5, 0.6) is 11.5 Å². The Labute approximate surface area is 198 Å². The van der Waals surface area contributed by atoms with Gasteiger partial charge in [-0.1, -0.05) is 49.7 Å². The minimum atomic E-state index is -0.581. The molecule has 0 saturated carbocycles. The Balaban J connectivity index is 1.99. The number of hydrogen-bond acceptors (Lipinski definition) is 6.